The Balaban J connectivity index is 2.53. The van der Waals surface area contributed by atoms with Crippen molar-refractivity contribution in [2.24, 2.45) is 0 Å². The minimum atomic E-state index is -0.170. The average molecular weight is 289 g/mol. The van der Waals surface area contributed by atoms with Crippen molar-refractivity contribution in [2.75, 3.05) is 27.2 Å². The first-order chi connectivity index (χ1) is 10.0. The molecule has 114 valence electrons. The van der Waals surface area contributed by atoms with Crippen LogP contribution in [0.5, 0.6) is 0 Å². The maximum absolute atomic E-state index is 12.0. The molecule has 1 amide bonds. The lowest BCUT2D eigenvalue weighted by Gasteiger charge is -2.16. The number of nitrogens with one attached hydrogen (secondary N) is 1. The molecule has 0 saturated carbocycles. The van der Waals surface area contributed by atoms with Gasteiger partial charge in [0.05, 0.1) is 6.61 Å². The van der Waals surface area contributed by atoms with Crippen LogP contribution < -0.4 is 5.32 Å². The van der Waals surface area contributed by atoms with Crippen molar-refractivity contribution in [3.63, 3.8) is 0 Å². The molecule has 0 spiro atoms. The molecule has 0 aliphatic heterocycles. The number of aliphatic hydroxyl groups excluding tert-OH is 1. The molecule has 0 aliphatic rings. The van der Waals surface area contributed by atoms with Crippen LogP contribution in [-0.4, -0.2) is 54.2 Å². The predicted octanol–water partition coefficient (Wildman–Crippen LogP) is 0.885. The maximum Gasteiger partial charge on any atom is 0.270 e. The molecule has 1 atom stereocenters. The Morgan fingerprint density at radius 2 is 2.24 bits per heavy atom. The number of aromatic nitrogens is 1. The summed E-state index contributed by atoms with van der Waals surface area (Å²) in [7, 11) is 4.01. The molecule has 2 N–H and O–H groups in total. The molecule has 0 bridgehead atoms. The van der Waals surface area contributed by atoms with Gasteiger partial charge in [-0.25, -0.2) is 4.98 Å². The zero-order valence-electron chi connectivity index (χ0n) is 12.9. The van der Waals surface area contributed by atoms with Gasteiger partial charge in [-0.2, -0.15) is 0 Å². The number of aliphatic hydroxyl groups is 1. The van der Waals surface area contributed by atoms with Crippen molar-refractivity contribution < 1.29 is 9.90 Å². The van der Waals surface area contributed by atoms with Gasteiger partial charge in [-0.05, 0) is 46.1 Å². The molecule has 0 aromatic carbocycles. The van der Waals surface area contributed by atoms with Crippen LogP contribution in [0.4, 0.5) is 0 Å². The second-order valence-corrected chi connectivity index (χ2v) is 5.17. The number of carbonyl (C=O) groups excluding carboxylic acids is 1. The summed E-state index contributed by atoms with van der Waals surface area (Å²) >= 11 is 0. The fourth-order valence-corrected chi connectivity index (χ4v) is 1.64. The topological polar surface area (TPSA) is 65.5 Å². The normalized spacial score (nSPS) is 11.7. The van der Waals surface area contributed by atoms with Crippen LogP contribution in [0, 0.1) is 11.8 Å². The van der Waals surface area contributed by atoms with Crippen molar-refractivity contribution in [1.29, 1.82) is 0 Å². The Labute approximate surface area is 126 Å². The van der Waals surface area contributed by atoms with Gasteiger partial charge in [-0.3, -0.25) is 4.79 Å². The van der Waals surface area contributed by atoms with Crippen molar-refractivity contribution in [3.8, 4) is 11.8 Å². The number of nitrogens with zero attached hydrogens (tertiary/aromatic N) is 2. The van der Waals surface area contributed by atoms with E-state index in [0.29, 0.717) is 12.1 Å². The quantitative estimate of drug-likeness (QED) is 0.763. The third kappa shape index (κ3) is 6.89. The average Bonchev–Trinajstić information content (AvgIpc) is 2.46. The number of rotatable bonds is 6. The summed E-state index contributed by atoms with van der Waals surface area (Å²) in [5.41, 5.74) is 1.13. The Morgan fingerprint density at radius 1 is 1.48 bits per heavy atom. The Hall–Kier alpha value is -1.90. The molecule has 1 rings (SSSR count). The number of hydrogen-bond acceptors (Lipinski definition) is 4. The number of pyridine rings is 1. The Bertz CT molecular complexity index is 500. The van der Waals surface area contributed by atoms with Gasteiger partial charge in [0.15, 0.2) is 0 Å². The van der Waals surface area contributed by atoms with Crippen LogP contribution in [0.3, 0.4) is 0 Å². The molecule has 1 aromatic heterocycles. The second kappa shape index (κ2) is 9.11. The van der Waals surface area contributed by atoms with Gasteiger partial charge in [-0.1, -0.05) is 11.8 Å². The molecular weight excluding hydrogens is 266 g/mol. The number of carbonyl (C=O) groups is 1. The highest BCUT2D eigenvalue weighted by atomic mass is 16.2. The van der Waals surface area contributed by atoms with Crippen LogP contribution in [0.1, 0.15) is 35.8 Å². The van der Waals surface area contributed by atoms with Gasteiger partial charge in [-0.15, -0.1) is 0 Å². The van der Waals surface area contributed by atoms with E-state index < -0.39 is 0 Å². The monoisotopic (exact) mass is 289 g/mol. The third-order valence-electron chi connectivity index (χ3n) is 2.85. The van der Waals surface area contributed by atoms with E-state index in [4.69, 9.17) is 5.11 Å². The molecule has 0 radical (unpaired) electrons. The summed E-state index contributed by atoms with van der Waals surface area (Å²) in [4.78, 5) is 18.2. The largest absolute Gasteiger partial charge is 0.395 e. The lowest BCUT2D eigenvalue weighted by molar-refractivity contribution is 0.0931. The van der Waals surface area contributed by atoms with E-state index in [9.17, 15) is 4.79 Å². The van der Waals surface area contributed by atoms with Crippen molar-refractivity contribution in [1.82, 2.24) is 15.2 Å². The zero-order chi connectivity index (χ0) is 15.7. The van der Waals surface area contributed by atoms with Gasteiger partial charge in [0, 0.05) is 24.2 Å². The second-order valence-electron chi connectivity index (χ2n) is 5.17. The highest BCUT2D eigenvalue weighted by molar-refractivity contribution is 5.92. The van der Waals surface area contributed by atoms with Gasteiger partial charge in [0.2, 0.25) is 0 Å². The van der Waals surface area contributed by atoms with Crippen LogP contribution in [0.2, 0.25) is 0 Å². The van der Waals surface area contributed by atoms with E-state index in [1.54, 1.807) is 18.3 Å². The van der Waals surface area contributed by atoms with E-state index >= 15 is 0 Å². The standard InChI is InChI=1S/C16H23N3O2/c1-13(9-10-19(2)3)18-16(21)15-8-7-14(12-17-15)6-4-5-11-20/h7-8,12-13,20H,5,9-11H2,1-3H3,(H,18,21). The summed E-state index contributed by atoms with van der Waals surface area (Å²) in [5, 5.41) is 11.6. The number of hydrogen-bond donors (Lipinski definition) is 2. The van der Waals surface area contributed by atoms with Crippen LogP contribution in [-0.2, 0) is 0 Å². The van der Waals surface area contributed by atoms with Crippen LogP contribution in [0.25, 0.3) is 0 Å². The summed E-state index contributed by atoms with van der Waals surface area (Å²) in [6, 6.07) is 3.53. The summed E-state index contributed by atoms with van der Waals surface area (Å²) in [6.07, 6.45) is 2.90. The Morgan fingerprint density at radius 3 is 2.81 bits per heavy atom. The molecule has 5 heteroatoms. The highest BCUT2D eigenvalue weighted by Crippen LogP contribution is 2.01. The van der Waals surface area contributed by atoms with E-state index in [2.05, 4.69) is 27.0 Å². The van der Waals surface area contributed by atoms with Crippen LogP contribution >= 0.6 is 0 Å². The SMILES string of the molecule is CC(CCN(C)C)NC(=O)c1ccc(C#CCCO)cn1. The van der Waals surface area contributed by atoms with Crippen molar-refractivity contribution in [3.05, 3.63) is 29.6 Å². The van der Waals surface area contributed by atoms with Gasteiger partial charge in [0.1, 0.15) is 5.69 Å². The van der Waals surface area contributed by atoms with Gasteiger partial charge < -0.3 is 15.3 Å². The van der Waals surface area contributed by atoms with Crippen molar-refractivity contribution in [2.45, 2.75) is 25.8 Å². The molecule has 1 aromatic rings. The fraction of sp³-hybridized carbons (Fsp3) is 0.500. The first-order valence-electron chi connectivity index (χ1n) is 7.04. The third-order valence-corrected chi connectivity index (χ3v) is 2.85. The molecular formula is C16H23N3O2. The predicted molar refractivity (Wildman–Crippen MR) is 82.9 cm³/mol. The Kier molecular flexibility index (Phi) is 7.44. The molecule has 1 heterocycles. The van der Waals surface area contributed by atoms with E-state index in [-0.39, 0.29) is 18.6 Å². The summed E-state index contributed by atoms with van der Waals surface area (Å²) in [6.45, 7) is 2.95. The van der Waals surface area contributed by atoms with E-state index in [1.165, 1.54) is 0 Å². The zero-order valence-corrected chi connectivity index (χ0v) is 12.9. The molecule has 21 heavy (non-hydrogen) atoms. The molecule has 1 unspecified atom stereocenters. The summed E-state index contributed by atoms with van der Waals surface area (Å²) < 4.78 is 0. The lowest BCUT2D eigenvalue weighted by Crippen LogP contribution is -2.35. The first-order valence-corrected chi connectivity index (χ1v) is 7.04. The lowest BCUT2D eigenvalue weighted by atomic mass is 10.2. The summed E-state index contributed by atoms with van der Waals surface area (Å²) in [5.74, 6) is 5.52. The first kappa shape index (κ1) is 17.2. The highest BCUT2D eigenvalue weighted by Gasteiger charge is 2.10. The molecule has 0 saturated heterocycles. The molecule has 5 nitrogen and oxygen atoms in total. The maximum atomic E-state index is 12.0. The fourth-order valence-electron chi connectivity index (χ4n) is 1.64. The van der Waals surface area contributed by atoms with Crippen molar-refractivity contribution >= 4 is 5.91 Å². The molecule has 0 fully saturated rings. The minimum absolute atomic E-state index is 0.0474. The van der Waals surface area contributed by atoms with E-state index in [1.807, 2.05) is 21.0 Å². The number of amides is 1. The molecule has 0 aliphatic carbocycles. The van der Waals surface area contributed by atoms with Gasteiger partial charge in [0.25, 0.3) is 5.91 Å². The van der Waals surface area contributed by atoms with Gasteiger partial charge >= 0.3 is 0 Å². The smallest absolute Gasteiger partial charge is 0.270 e. The van der Waals surface area contributed by atoms with Crippen LogP contribution in [0.15, 0.2) is 18.3 Å². The van der Waals surface area contributed by atoms with E-state index in [0.717, 1.165) is 18.5 Å². The minimum Gasteiger partial charge on any atom is -0.395 e.